The predicted molar refractivity (Wildman–Crippen MR) is 132 cm³/mol. The number of hydrogen-bond donors (Lipinski definition) is 0. The third-order valence-electron chi connectivity index (χ3n) is 8.79. The van der Waals surface area contributed by atoms with Crippen molar-refractivity contribution in [3.63, 3.8) is 0 Å². The summed E-state index contributed by atoms with van der Waals surface area (Å²) in [6.45, 7) is 29.7. The van der Waals surface area contributed by atoms with Crippen molar-refractivity contribution in [1.82, 2.24) is 39.2 Å². The summed E-state index contributed by atoms with van der Waals surface area (Å²) in [4.78, 5) is 22.3. The van der Waals surface area contributed by atoms with Crippen molar-refractivity contribution in [3.8, 4) is 0 Å². The number of fused-ring (bicyclic) bond motifs is 12. The van der Waals surface area contributed by atoms with E-state index < -0.39 is 0 Å². The SMILES string of the molecule is C1CN2CCN3CCN4CCN1CCN1CCN(CC2)CCN(CC3)CCN(CC4)CC1. The quantitative estimate of drug-likeness (QED) is 0.441. The van der Waals surface area contributed by atoms with Gasteiger partial charge in [0.25, 0.3) is 0 Å². The molecular formula is C24H48N8. The molecule has 0 aromatic carbocycles. The summed E-state index contributed by atoms with van der Waals surface area (Å²) in [7, 11) is 0. The van der Waals surface area contributed by atoms with E-state index in [1.807, 2.05) is 0 Å². The largest absolute Gasteiger partial charge is 0.300 e. The first-order chi connectivity index (χ1) is 15.8. The van der Waals surface area contributed by atoms with Gasteiger partial charge in [-0.25, -0.2) is 0 Å². The van der Waals surface area contributed by atoms with Gasteiger partial charge in [-0.2, -0.15) is 0 Å². The zero-order chi connectivity index (χ0) is 21.6. The minimum absolute atomic E-state index is 1.24. The minimum atomic E-state index is 1.24. The van der Waals surface area contributed by atoms with Gasteiger partial charge in [0.1, 0.15) is 0 Å². The van der Waals surface area contributed by atoms with Crippen LogP contribution in [0.5, 0.6) is 0 Å². The van der Waals surface area contributed by atoms with Crippen molar-refractivity contribution >= 4 is 0 Å². The lowest BCUT2D eigenvalue weighted by Crippen LogP contribution is -2.55. The van der Waals surface area contributed by atoms with Gasteiger partial charge in [0.15, 0.2) is 0 Å². The molecule has 0 unspecified atom stereocenters. The van der Waals surface area contributed by atoms with Crippen LogP contribution in [0.15, 0.2) is 0 Å². The Hall–Kier alpha value is -0.320. The second-order valence-corrected chi connectivity index (χ2v) is 10.7. The van der Waals surface area contributed by atoms with Crippen molar-refractivity contribution in [2.75, 3.05) is 157 Å². The Morgan fingerprint density at radius 2 is 0.188 bits per heavy atom. The van der Waals surface area contributed by atoms with E-state index >= 15 is 0 Å². The molecule has 6 aliphatic heterocycles. The van der Waals surface area contributed by atoms with E-state index in [1.165, 1.54) is 157 Å². The molecule has 6 rings (SSSR count). The van der Waals surface area contributed by atoms with Crippen LogP contribution in [0.3, 0.4) is 0 Å². The van der Waals surface area contributed by atoms with Gasteiger partial charge in [-0.1, -0.05) is 0 Å². The Morgan fingerprint density at radius 1 is 0.125 bits per heavy atom. The summed E-state index contributed by atoms with van der Waals surface area (Å²) in [5.74, 6) is 0. The molecule has 0 aromatic rings. The van der Waals surface area contributed by atoms with E-state index in [-0.39, 0.29) is 0 Å². The molecule has 8 bridgehead atoms. The molecule has 6 heterocycles. The van der Waals surface area contributed by atoms with E-state index in [1.54, 1.807) is 0 Å². The second kappa shape index (κ2) is 11.9. The normalized spacial score (nSPS) is 45.0. The number of hydrogen-bond acceptors (Lipinski definition) is 8. The van der Waals surface area contributed by atoms with Crippen molar-refractivity contribution in [2.24, 2.45) is 0 Å². The molecule has 0 radical (unpaired) electrons. The third kappa shape index (κ3) is 6.85. The maximum Gasteiger partial charge on any atom is 0.0110 e. The highest BCUT2D eigenvalue weighted by molar-refractivity contribution is 4.80. The summed E-state index contributed by atoms with van der Waals surface area (Å²) in [5, 5.41) is 0. The molecule has 8 nitrogen and oxygen atoms in total. The molecule has 32 heavy (non-hydrogen) atoms. The van der Waals surface area contributed by atoms with Crippen molar-refractivity contribution in [1.29, 1.82) is 0 Å². The van der Waals surface area contributed by atoms with E-state index in [0.29, 0.717) is 0 Å². The van der Waals surface area contributed by atoms with Crippen LogP contribution in [0, 0.1) is 0 Å². The van der Waals surface area contributed by atoms with Crippen molar-refractivity contribution < 1.29 is 0 Å². The lowest BCUT2D eigenvalue weighted by Gasteiger charge is -2.41. The highest BCUT2D eigenvalue weighted by Crippen LogP contribution is 2.09. The molecule has 0 spiro atoms. The Bertz CT molecular complexity index is 342. The molecule has 184 valence electrons. The summed E-state index contributed by atoms with van der Waals surface area (Å²) in [6.07, 6.45) is 0. The fraction of sp³-hybridized carbons (Fsp3) is 1.00. The van der Waals surface area contributed by atoms with Crippen LogP contribution in [-0.4, -0.2) is 196 Å². The molecule has 0 atom stereocenters. The van der Waals surface area contributed by atoms with Gasteiger partial charge in [-0.3, -0.25) is 39.2 Å². The highest BCUT2D eigenvalue weighted by Gasteiger charge is 2.24. The Labute approximate surface area is 196 Å². The van der Waals surface area contributed by atoms with Gasteiger partial charge < -0.3 is 0 Å². The van der Waals surface area contributed by atoms with Gasteiger partial charge in [-0.05, 0) is 0 Å². The number of rotatable bonds is 0. The zero-order valence-electron chi connectivity index (χ0n) is 20.5. The van der Waals surface area contributed by atoms with Crippen LogP contribution in [0.4, 0.5) is 0 Å². The average molecular weight is 449 g/mol. The van der Waals surface area contributed by atoms with E-state index in [0.717, 1.165) is 0 Å². The van der Waals surface area contributed by atoms with Crippen LogP contribution < -0.4 is 0 Å². The second-order valence-electron chi connectivity index (χ2n) is 10.7. The average Bonchev–Trinajstić information content (AvgIpc) is 2.78. The maximum absolute atomic E-state index is 2.79. The first-order valence-electron chi connectivity index (χ1n) is 13.6. The topological polar surface area (TPSA) is 25.9 Å². The van der Waals surface area contributed by atoms with Crippen LogP contribution in [-0.2, 0) is 0 Å². The molecule has 0 aliphatic carbocycles. The molecule has 6 aliphatic rings. The lowest BCUT2D eigenvalue weighted by molar-refractivity contribution is 0.0647. The van der Waals surface area contributed by atoms with E-state index in [4.69, 9.17) is 0 Å². The molecule has 0 N–H and O–H groups in total. The van der Waals surface area contributed by atoms with Crippen LogP contribution in [0.25, 0.3) is 0 Å². The number of nitrogens with zero attached hydrogens (tertiary/aromatic N) is 8. The summed E-state index contributed by atoms with van der Waals surface area (Å²) in [6, 6.07) is 0. The van der Waals surface area contributed by atoms with Crippen LogP contribution in [0.2, 0.25) is 0 Å². The lowest BCUT2D eigenvalue weighted by atomic mass is 10.2. The van der Waals surface area contributed by atoms with Crippen molar-refractivity contribution in [3.05, 3.63) is 0 Å². The van der Waals surface area contributed by atoms with Crippen molar-refractivity contribution in [2.45, 2.75) is 0 Å². The predicted octanol–water partition coefficient (Wildman–Crippen LogP) is -1.53. The Morgan fingerprint density at radius 3 is 0.250 bits per heavy atom. The van der Waals surface area contributed by atoms with Gasteiger partial charge in [0.05, 0.1) is 0 Å². The molecular weight excluding hydrogens is 400 g/mol. The fourth-order valence-corrected chi connectivity index (χ4v) is 6.08. The van der Waals surface area contributed by atoms with Gasteiger partial charge >= 0.3 is 0 Å². The molecule has 0 saturated carbocycles. The third-order valence-corrected chi connectivity index (χ3v) is 8.79. The van der Waals surface area contributed by atoms with Gasteiger partial charge in [0, 0.05) is 157 Å². The monoisotopic (exact) mass is 448 g/mol. The molecule has 6 fully saturated rings. The van der Waals surface area contributed by atoms with Crippen LogP contribution in [0.1, 0.15) is 0 Å². The highest BCUT2D eigenvalue weighted by atomic mass is 15.3. The maximum atomic E-state index is 2.79. The first kappa shape index (κ1) is 23.4. The Kier molecular flexibility index (Phi) is 8.70. The van der Waals surface area contributed by atoms with Crippen LogP contribution >= 0.6 is 0 Å². The van der Waals surface area contributed by atoms with E-state index in [2.05, 4.69) is 39.2 Å². The minimum Gasteiger partial charge on any atom is -0.300 e. The zero-order valence-corrected chi connectivity index (χ0v) is 20.5. The summed E-state index contributed by atoms with van der Waals surface area (Å²) >= 11 is 0. The molecule has 6 saturated heterocycles. The van der Waals surface area contributed by atoms with E-state index in [9.17, 15) is 0 Å². The fourth-order valence-electron chi connectivity index (χ4n) is 6.08. The standard InChI is InChI=1S/C24H48N8/c1-2-26-7-9-29-15-11-27-5-3-25(1)4-6-28-12-16-30(10-8-26)20-22-32(21-19-29)24-23-31(17-13-27)18-14-28/h1-24H2. The first-order valence-corrected chi connectivity index (χ1v) is 13.6. The van der Waals surface area contributed by atoms with Gasteiger partial charge in [0.2, 0.25) is 0 Å². The van der Waals surface area contributed by atoms with Gasteiger partial charge in [-0.15, -0.1) is 0 Å². The molecule has 0 aromatic heterocycles. The summed E-state index contributed by atoms with van der Waals surface area (Å²) in [5.41, 5.74) is 0. The molecule has 0 amide bonds. The smallest absolute Gasteiger partial charge is 0.0110 e. The molecule has 8 heteroatoms. The summed E-state index contributed by atoms with van der Waals surface area (Å²) < 4.78 is 0. The Balaban J connectivity index is 1.47.